The maximum Gasteiger partial charge on any atom is 0.230 e. The van der Waals surface area contributed by atoms with E-state index in [9.17, 15) is 4.79 Å². The Morgan fingerprint density at radius 2 is 2.15 bits per heavy atom. The molecule has 4 nitrogen and oxygen atoms in total. The Bertz CT molecular complexity index is 575. The van der Waals surface area contributed by atoms with Crippen LogP contribution in [-0.2, 0) is 9.53 Å². The molecule has 5 heteroatoms. The van der Waals surface area contributed by atoms with Crippen molar-refractivity contribution < 1.29 is 9.53 Å². The summed E-state index contributed by atoms with van der Waals surface area (Å²) in [6.45, 7) is 1.32. The number of benzene rings is 1. The molecule has 0 saturated carbocycles. The van der Waals surface area contributed by atoms with Crippen LogP contribution in [0.3, 0.4) is 0 Å². The summed E-state index contributed by atoms with van der Waals surface area (Å²) in [4.78, 5) is 16.2. The predicted molar refractivity (Wildman–Crippen MR) is 82.0 cm³/mol. The molecule has 20 heavy (non-hydrogen) atoms. The van der Waals surface area contributed by atoms with E-state index in [0.717, 1.165) is 22.3 Å². The van der Waals surface area contributed by atoms with Gasteiger partial charge in [-0.05, 0) is 18.6 Å². The summed E-state index contributed by atoms with van der Waals surface area (Å²) in [6, 6.07) is 11.9. The molecule has 0 atom stereocenters. The molecule has 0 unspecified atom stereocenters. The van der Waals surface area contributed by atoms with Gasteiger partial charge in [0, 0.05) is 25.6 Å². The molecule has 1 N–H and O–H groups in total. The number of hydrogen-bond donors (Lipinski definition) is 1. The highest BCUT2D eigenvalue weighted by molar-refractivity contribution is 7.99. The zero-order valence-electron chi connectivity index (χ0n) is 11.5. The van der Waals surface area contributed by atoms with E-state index < -0.39 is 0 Å². The summed E-state index contributed by atoms with van der Waals surface area (Å²) in [5.74, 6) is 0.416. The van der Waals surface area contributed by atoms with Crippen molar-refractivity contribution in [2.75, 3.05) is 26.0 Å². The van der Waals surface area contributed by atoms with Crippen molar-refractivity contribution >= 4 is 28.6 Å². The molecule has 0 bridgehead atoms. The number of thioether (sulfide) groups is 1. The maximum absolute atomic E-state index is 11.6. The van der Waals surface area contributed by atoms with Gasteiger partial charge < -0.3 is 10.1 Å². The van der Waals surface area contributed by atoms with E-state index in [2.05, 4.69) is 10.3 Å². The van der Waals surface area contributed by atoms with Crippen molar-refractivity contribution in [3.63, 3.8) is 0 Å². The molecule has 0 saturated heterocycles. The monoisotopic (exact) mass is 290 g/mol. The van der Waals surface area contributed by atoms with E-state index in [4.69, 9.17) is 4.74 Å². The van der Waals surface area contributed by atoms with Crippen LogP contribution in [0.2, 0.25) is 0 Å². The van der Waals surface area contributed by atoms with E-state index in [1.54, 1.807) is 7.11 Å². The number of rotatable bonds is 7. The van der Waals surface area contributed by atoms with Crippen LogP contribution in [0, 0.1) is 0 Å². The summed E-state index contributed by atoms with van der Waals surface area (Å²) >= 11 is 1.45. The lowest BCUT2D eigenvalue weighted by Gasteiger charge is -2.05. The highest BCUT2D eigenvalue weighted by atomic mass is 32.2. The minimum atomic E-state index is 0.0288. The van der Waals surface area contributed by atoms with Crippen molar-refractivity contribution in [2.45, 2.75) is 11.4 Å². The maximum atomic E-state index is 11.6. The number of fused-ring (bicyclic) bond motifs is 1. The first-order valence-electron chi connectivity index (χ1n) is 6.54. The molecule has 0 aliphatic heterocycles. The number of hydrogen-bond acceptors (Lipinski definition) is 4. The van der Waals surface area contributed by atoms with Gasteiger partial charge in [0.1, 0.15) is 0 Å². The SMILES string of the molecule is COCCCNC(=O)CSc1ccc2ccccc2n1. The topological polar surface area (TPSA) is 51.2 Å². The largest absolute Gasteiger partial charge is 0.385 e. The number of pyridine rings is 1. The second-order valence-electron chi connectivity index (χ2n) is 4.33. The Labute approximate surface area is 122 Å². The number of ether oxygens (including phenoxy) is 1. The summed E-state index contributed by atoms with van der Waals surface area (Å²) in [5, 5.41) is 4.84. The highest BCUT2D eigenvalue weighted by Gasteiger charge is 2.04. The summed E-state index contributed by atoms with van der Waals surface area (Å²) in [5.41, 5.74) is 0.956. The molecule has 2 rings (SSSR count). The van der Waals surface area contributed by atoms with Crippen LogP contribution in [0.5, 0.6) is 0 Å². The van der Waals surface area contributed by atoms with Gasteiger partial charge in [-0.25, -0.2) is 4.98 Å². The lowest BCUT2D eigenvalue weighted by Crippen LogP contribution is -2.26. The number of carbonyl (C=O) groups excluding carboxylic acids is 1. The molecule has 106 valence electrons. The van der Waals surface area contributed by atoms with Crippen molar-refractivity contribution in [1.82, 2.24) is 10.3 Å². The number of aromatic nitrogens is 1. The van der Waals surface area contributed by atoms with E-state index in [0.29, 0.717) is 18.9 Å². The zero-order chi connectivity index (χ0) is 14.2. The van der Waals surface area contributed by atoms with Gasteiger partial charge in [-0.3, -0.25) is 4.79 Å². The first-order valence-corrected chi connectivity index (χ1v) is 7.52. The molecule has 0 radical (unpaired) electrons. The van der Waals surface area contributed by atoms with Gasteiger partial charge in [0.25, 0.3) is 0 Å². The molecule has 0 fully saturated rings. The lowest BCUT2D eigenvalue weighted by atomic mass is 10.2. The smallest absolute Gasteiger partial charge is 0.230 e. The fraction of sp³-hybridized carbons (Fsp3) is 0.333. The number of nitrogens with zero attached hydrogens (tertiary/aromatic N) is 1. The van der Waals surface area contributed by atoms with E-state index in [1.165, 1.54) is 11.8 Å². The minimum absolute atomic E-state index is 0.0288. The summed E-state index contributed by atoms with van der Waals surface area (Å²) < 4.78 is 4.93. The van der Waals surface area contributed by atoms with Crippen molar-refractivity contribution in [1.29, 1.82) is 0 Å². The minimum Gasteiger partial charge on any atom is -0.385 e. The van der Waals surface area contributed by atoms with Gasteiger partial charge in [0.05, 0.1) is 16.3 Å². The van der Waals surface area contributed by atoms with Crippen LogP contribution in [0.1, 0.15) is 6.42 Å². The van der Waals surface area contributed by atoms with Crippen molar-refractivity contribution in [2.24, 2.45) is 0 Å². The molecule has 2 aromatic rings. The third-order valence-electron chi connectivity index (χ3n) is 2.77. The van der Waals surface area contributed by atoms with E-state index in [1.807, 2.05) is 36.4 Å². The van der Waals surface area contributed by atoms with Gasteiger partial charge >= 0.3 is 0 Å². The number of para-hydroxylation sites is 1. The zero-order valence-corrected chi connectivity index (χ0v) is 12.3. The molecule has 1 aromatic carbocycles. The normalized spacial score (nSPS) is 10.7. The van der Waals surface area contributed by atoms with Gasteiger partial charge in [-0.15, -0.1) is 0 Å². The summed E-state index contributed by atoms with van der Waals surface area (Å²) in [6.07, 6.45) is 0.834. The van der Waals surface area contributed by atoms with E-state index >= 15 is 0 Å². The van der Waals surface area contributed by atoms with Crippen LogP contribution >= 0.6 is 11.8 Å². The van der Waals surface area contributed by atoms with Crippen LogP contribution in [0.15, 0.2) is 41.4 Å². The van der Waals surface area contributed by atoms with Gasteiger partial charge in [0.15, 0.2) is 0 Å². The molecular formula is C15H18N2O2S. The third kappa shape index (κ3) is 4.51. The van der Waals surface area contributed by atoms with E-state index in [-0.39, 0.29) is 5.91 Å². The standard InChI is InChI=1S/C15H18N2O2S/c1-19-10-4-9-16-14(18)11-20-15-8-7-12-5-2-3-6-13(12)17-15/h2-3,5-8H,4,9-11H2,1H3,(H,16,18). The lowest BCUT2D eigenvalue weighted by molar-refractivity contribution is -0.118. The number of methoxy groups -OCH3 is 1. The molecule has 1 amide bonds. The Hall–Kier alpha value is -1.59. The molecule has 0 aliphatic rings. The van der Waals surface area contributed by atoms with Crippen LogP contribution in [-0.4, -0.2) is 36.9 Å². The third-order valence-corrected chi connectivity index (χ3v) is 3.70. The second kappa shape index (κ2) is 7.87. The number of nitrogens with one attached hydrogen (secondary N) is 1. The number of carbonyl (C=O) groups is 1. The Morgan fingerprint density at radius 1 is 1.30 bits per heavy atom. The first-order chi connectivity index (χ1) is 9.79. The van der Waals surface area contributed by atoms with Gasteiger partial charge in [-0.1, -0.05) is 36.0 Å². The molecule has 0 aliphatic carbocycles. The first kappa shape index (κ1) is 14.8. The molecule has 1 aromatic heterocycles. The van der Waals surface area contributed by atoms with Crippen LogP contribution in [0.4, 0.5) is 0 Å². The Morgan fingerprint density at radius 3 is 3.00 bits per heavy atom. The molecular weight excluding hydrogens is 272 g/mol. The average Bonchev–Trinajstić information content (AvgIpc) is 2.49. The second-order valence-corrected chi connectivity index (χ2v) is 5.32. The average molecular weight is 290 g/mol. The highest BCUT2D eigenvalue weighted by Crippen LogP contribution is 2.19. The quantitative estimate of drug-likeness (QED) is 0.629. The van der Waals surface area contributed by atoms with Gasteiger partial charge in [0.2, 0.25) is 5.91 Å². The fourth-order valence-electron chi connectivity index (χ4n) is 1.76. The van der Waals surface area contributed by atoms with Gasteiger partial charge in [-0.2, -0.15) is 0 Å². The van der Waals surface area contributed by atoms with Crippen LogP contribution < -0.4 is 5.32 Å². The molecule has 0 spiro atoms. The Kier molecular flexibility index (Phi) is 5.83. The number of amides is 1. The Balaban J connectivity index is 1.81. The van der Waals surface area contributed by atoms with Crippen molar-refractivity contribution in [3.8, 4) is 0 Å². The van der Waals surface area contributed by atoms with Crippen LogP contribution in [0.25, 0.3) is 10.9 Å². The molecule has 1 heterocycles. The van der Waals surface area contributed by atoms with Crippen molar-refractivity contribution in [3.05, 3.63) is 36.4 Å². The summed E-state index contributed by atoms with van der Waals surface area (Å²) in [7, 11) is 1.66. The fourth-order valence-corrected chi connectivity index (χ4v) is 2.47. The predicted octanol–water partition coefficient (Wildman–Crippen LogP) is 2.48.